The summed E-state index contributed by atoms with van der Waals surface area (Å²) in [6, 6.07) is 8.40. The number of aromatic nitrogens is 2. The molecule has 2 aromatic carbocycles. The van der Waals surface area contributed by atoms with E-state index >= 15 is 0 Å². The molecule has 1 aromatic heterocycles. The van der Waals surface area contributed by atoms with Gasteiger partial charge in [-0.15, -0.1) is 0 Å². The monoisotopic (exact) mass is 490 g/mol. The number of hydrogen-bond acceptors (Lipinski definition) is 6. The van der Waals surface area contributed by atoms with Gasteiger partial charge in [0.15, 0.2) is 5.69 Å². The summed E-state index contributed by atoms with van der Waals surface area (Å²) in [4.78, 5) is 23.6. The molecule has 0 aliphatic carbocycles. The van der Waals surface area contributed by atoms with Gasteiger partial charge in [0.1, 0.15) is 16.5 Å². The van der Waals surface area contributed by atoms with Crippen molar-refractivity contribution < 1.29 is 32.2 Å². The fraction of sp³-hybridized carbons (Fsp3) is 0.227. The van der Waals surface area contributed by atoms with Gasteiger partial charge >= 0.3 is 5.97 Å². The molecule has 1 amide bonds. The molecule has 3 aromatic rings. The highest BCUT2D eigenvalue weighted by molar-refractivity contribution is 7.89. The lowest BCUT2D eigenvalue weighted by Gasteiger charge is -2.16. The summed E-state index contributed by atoms with van der Waals surface area (Å²) in [5, 5.41) is 15.7. The molecule has 0 atom stereocenters. The Morgan fingerprint density at radius 1 is 1.15 bits per heavy atom. The molecular weight excluding hydrogens is 467 g/mol. The molecule has 180 valence electrons. The predicted octanol–water partition coefficient (Wildman–Crippen LogP) is 3.30. The number of sulfonamides is 1. The Bertz CT molecular complexity index is 1350. The second kappa shape index (κ2) is 9.61. The quantitative estimate of drug-likeness (QED) is 0.440. The summed E-state index contributed by atoms with van der Waals surface area (Å²) in [6.45, 7) is 4.77. The van der Waals surface area contributed by atoms with Crippen LogP contribution in [0, 0.1) is 12.7 Å². The number of carboxylic acids is 1. The summed E-state index contributed by atoms with van der Waals surface area (Å²) in [7, 11) is -2.63. The highest BCUT2D eigenvalue weighted by Gasteiger charge is 2.25. The number of carbonyl (C=O) groups is 2. The zero-order chi connectivity index (χ0) is 25.2. The third-order valence-electron chi connectivity index (χ3n) is 4.62. The molecule has 0 unspecified atom stereocenters. The van der Waals surface area contributed by atoms with Gasteiger partial charge in [-0.25, -0.2) is 27.0 Å². The molecule has 12 heteroatoms. The maximum atomic E-state index is 13.1. The molecule has 10 nitrogen and oxygen atoms in total. The molecule has 0 aliphatic rings. The number of benzene rings is 2. The number of aryl methyl sites for hydroxylation is 1. The van der Waals surface area contributed by atoms with Crippen molar-refractivity contribution in [1.29, 1.82) is 0 Å². The van der Waals surface area contributed by atoms with Gasteiger partial charge in [-0.3, -0.25) is 4.79 Å². The summed E-state index contributed by atoms with van der Waals surface area (Å²) >= 11 is 0. The van der Waals surface area contributed by atoms with Crippen LogP contribution in [-0.2, 0) is 17.1 Å². The summed E-state index contributed by atoms with van der Waals surface area (Å²) in [5.41, 5.74) is 0.311. The number of anilines is 1. The molecule has 0 aliphatic heterocycles. The van der Waals surface area contributed by atoms with E-state index in [0.29, 0.717) is 0 Å². The van der Waals surface area contributed by atoms with Crippen LogP contribution in [0.15, 0.2) is 47.4 Å². The first kappa shape index (κ1) is 24.9. The Balaban J connectivity index is 2.02. The third-order valence-corrected chi connectivity index (χ3v) is 6.30. The average Bonchev–Trinajstić information content (AvgIpc) is 3.02. The highest BCUT2D eigenvalue weighted by Crippen LogP contribution is 2.33. The Morgan fingerprint density at radius 3 is 2.35 bits per heavy atom. The first-order valence-corrected chi connectivity index (χ1v) is 11.6. The molecule has 3 rings (SSSR count). The minimum absolute atomic E-state index is 0.0431. The SMILES string of the molecule is Cc1c(C(=O)O)nn(C)c1Oc1ccc(NC(=O)c2ccc(F)cc2)cc1S(=O)(=O)NC(C)C. The average molecular weight is 491 g/mol. The van der Waals surface area contributed by atoms with Crippen molar-refractivity contribution in [2.75, 3.05) is 5.32 Å². The molecule has 34 heavy (non-hydrogen) atoms. The van der Waals surface area contributed by atoms with E-state index in [4.69, 9.17) is 4.74 Å². The van der Waals surface area contributed by atoms with Gasteiger partial charge in [0, 0.05) is 29.9 Å². The maximum absolute atomic E-state index is 13.1. The van der Waals surface area contributed by atoms with Crippen LogP contribution in [0.4, 0.5) is 10.1 Å². The van der Waals surface area contributed by atoms with Crippen LogP contribution in [0.25, 0.3) is 0 Å². The number of amides is 1. The van der Waals surface area contributed by atoms with Crippen LogP contribution in [0.1, 0.15) is 40.3 Å². The Hall–Kier alpha value is -3.77. The van der Waals surface area contributed by atoms with Crippen molar-refractivity contribution in [2.24, 2.45) is 7.05 Å². The number of nitrogens with one attached hydrogen (secondary N) is 2. The van der Waals surface area contributed by atoms with Crippen LogP contribution in [0.3, 0.4) is 0 Å². The van der Waals surface area contributed by atoms with E-state index in [0.717, 1.165) is 12.1 Å². The van der Waals surface area contributed by atoms with Gasteiger partial charge in [-0.05, 0) is 63.2 Å². The van der Waals surface area contributed by atoms with E-state index in [1.165, 1.54) is 49.0 Å². The van der Waals surface area contributed by atoms with Crippen LogP contribution < -0.4 is 14.8 Å². The zero-order valence-corrected chi connectivity index (χ0v) is 19.6. The third kappa shape index (κ3) is 5.41. The lowest BCUT2D eigenvalue weighted by atomic mass is 10.2. The smallest absolute Gasteiger partial charge is 0.356 e. The standard InChI is InChI=1S/C22H23FN4O6S/c1-12(2)26-34(31,32)18-11-16(24-20(28)14-5-7-15(23)8-6-14)9-10-17(18)33-21-13(3)19(22(29)30)25-27(21)4/h5-12,26H,1-4H3,(H,24,28)(H,29,30). The number of nitrogens with zero attached hydrogens (tertiary/aromatic N) is 2. The largest absolute Gasteiger partial charge is 0.476 e. The van der Waals surface area contributed by atoms with Gasteiger partial charge in [-0.1, -0.05) is 0 Å². The minimum atomic E-state index is -4.10. The van der Waals surface area contributed by atoms with Crippen molar-refractivity contribution in [3.8, 4) is 11.6 Å². The molecule has 0 spiro atoms. The first-order valence-electron chi connectivity index (χ1n) is 10.1. The molecule has 3 N–H and O–H groups in total. The van der Waals surface area contributed by atoms with Gasteiger partial charge in [0.2, 0.25) is 15.9 Å². The maximum Gasteiger partial charge on any atom is 0.356 e. The van der Waals surface area contributed by atoms with Crippen molar-refractivity contribution >= 4 is 27.6 Å². The van der Waals surface area contributed by atoms with Gasteiger partial charge < -0.3 is 15.2 Å². The Labute approximate surface area is 195 Å². The van der Waals surface area contributed by atoms with Gasteiger partial charge in [0.05, 0.1) is 0 Å². The fourth-order valence-electron chi connectivity index (χ4n) is 3.12. The van der Waals surface area contributed by atoms with E-state index in [9.17, 15) is 27.5 Å². The summed E-state index contributed by atoms with van der Waals surface area (Å²) in [5.74, 6) is -2.38. The van der Waals surface area contributed by atoms with Crippen molar-refractivity contribution in [3.05, 3.63) is 65.1 Å². The van der Waals surface area contributed by atoms with Crippen LogP contribution in [0.5, 0.6) is 11.6 Å². The number of carbonyl (C=O) groups excluding carboxylic acids is 1. The van der Waals surface area contributed by atoms with E-state index in [1.54, 1.807) is 13.8 Å². The second-order valence-corrected chi connectivity index (χ2v) is 9.39. The van der Waals surface area contributed by atoms with Crippen LogP contribution in [0.2, 0.25) is 0 Å². The lowest BCUT2D eigenvalue weighted by molar-refractivity contribution is 0.0688. The van der Waals surface area contributed by atoms with Crippen LogP contribution in [-0.4, -0.2) is 41.2 Å². The predicted molar refractivity (Wildman–Crippen MR) is 121 cm³/mol. The van der Waals surface area contributed by atoms with E-state index in [1.807, 2.05) is 0 Å². The summed E-state index contributed by atoms with van der Waals surface area (Å²) < 4.78 is 48.6. The first-order chi connectivity index (χ1) is 15.9. The van der Waals surface area contributed by atoms with Crippen LogP contribution >= 0.6 is 0 Å². The number of rotatable bonds is 8. The topological polar surface area (TPSA) is 140 Å². The van der Waals surface area contributed by atoms with Crippen molar-refractivity contribution in [3.63, 3.8) is 0 Å². The van der Waals surface area contributed by atoms with Crippen molar-refractivity contribution in [2.45, 2.75) is 31.7 Å². The minimum Gasteiger partial charge on any atom is -0.476 e. The Morgan fingerprint density at radius 2 is 1.79 bits per heavy atom. The normalized spacial score (nSPS) is 11.5. The molecule has 0 radical (unpaired) electrons. The van der Waals surface area contributed by atoms with E-state index in [-0.39, 0.29) is 39.0 Å². The number of aromatic carboxylic acids is 1. The number of ether oxygens (including phenoxy) is 1. The van der Waals surface area contributed by atoms with E-state index < -0.39 is 33.8 Å². The number of halogens is 1. The highest BCUT2D eigenvalue weighted by atomic mass is 32.2. The zero-order valence-electron chi connectivity index (χ0n) is 18.8. The second-order valence-electron chi connectivity index (χ2n) is 7.71. The lowest BCUT2D eigenvalue weighted by Crippen LogP contribution is -2.30. The molecular formula is C22H23FN4O6S. The van der Waals surface area contributed by atoms with E-state index in [2.05, 4.69) is 15.1 Å². The Kier molecular flexibility index (Phi) is 7.03. The van der Waals surface area contributed by atoms with Gasteiger partial charge in [-0.2, -0.15) is 5.10 Å². The molecule has 0 saturated heterocycles. The molecule has 0 bridgehead atoms. The summed E-state index contributed by atoms with van der Waals surface area (Å²) in [6.07, 6.45) is 0. The molecule has 0 fully saturated rings. The fourth-order valence-corrected chi connectivity index (χ4v) is 4.53. The van der Waals surface area contributed by atoms with Crippen molar-refractivity contribution in [1.82, 2.24) is 14.5 Å². The number of hydrogen-bond donors (Lipinski definition) is 3. The van der Waals surface area contributed by atoms with Gasteiger partial charge in [0.25, 0.3) is 5.91 Å². The number of carboxylic acid groups (broad SMARTS) is 1. The molecule has 0 saturated carbocycles. The molecule has 1 heterocycles.